The molecule has 13 heavy (non-hydrogen) atoms. The lowest BCUT2D eigenvalue weighted by molar-refractivity contribution is 1.12. The standard InChI is InChI=1S/C10H9ClN2/c1-2-7-5-8-3-4-12-10(11)9(8)13-6-7/h3-6H,2H2,1H3. The number of nitrogens with zero attached hydrogens (tertiary/aromatic N) is 2. The van der Waals surface area contributed by atoms with Gasteiger partial charge in [0, 0.05) is 17.8 Å². The van der Waals surface area contributed by atoms with E-state index in [1.54, 1.807) is 6.20 Å². The van der Waals surface area contributed by atoms with E-state index in [2.05, 4.69) is 23.0 Å². The van der Waals surface area contributed by atoms with Crippen LogP contribution in [0.15, 0.2) is 24.5 Å². The van der Waals surface area contributed by atoms with Crippen LogP contribution in [0.3, 0.4) is 0 Å². The third kappa shape index (κ3) is 1.49. The molecule has 0 saturated carbocycles. The summed E-state index contributed by atoms with van der Waals surface area (Å²) < 4.78 is 0. The van der Waals surface area contributed by atoms with Gasteiger partial charge in [-0.15, -0.1) is 0 Å². The first-order valence-corrected chi connectivity index (χ1v) is 4.58. The number of halogens is 1. The average molecular weight is 193 g/mol. The lowest BCUT2D eigenvalue weighted by Crippen LogP contribution is -1.86. The first-order chi connectivity index (χ1) is 6.31. The smallest absolute Gasteiger partial charge is 0.155 e. The number of rotatable bonds is 1. The molecule has 0 unspecified atom stereocenters. The predicted octanol–water partition coefficient (Wildman–Crippen LogP) is 2.85. The highest BCUT2D eigenvalue weighted by Crippen LogP contribution is 2.19. The Morgan fingerprint density at radius 1 is 1.38 bits per heavy atom. The van der Waals surface area contributed by atoms with Crippen LogP contribution in [-0.2, 0) is 6.42 Å². The van der Waals surface area contributed by atoms with Gasteiger partial charge in [-0.3, -0.25) is 4.98 Å². The van der Waals surface area contributed by atoms with Crippen LogP contribution in [0.1, 0.15) is 12.5 Å². The second-order valence-electron chi connectivity index (χ2n) is 2.87. The summed E-state index contributed by atoms with van der Waals surface area (Å²) in [6, 6.07) is 4.02. The molecule has 3 heteroatoms. The van der Waals surface area contributed by atoms with Gasteiger partial charge in [0.2, 0.25) is 0 Å². The maximum atomic E-state index is 5.88. The van der Waals surface area contributed by atoms with Gasteiger partial charge >= 0.3 is 0 Å². The third-order valence-corrected chi connectivity index (χ3v) is 2.30. The number of aromatic nitrogens is 2. The molecule has 2 heterocycles. The Morgan fingerprint density at radius 3 is 3.00 bits per heavy atom. The second-order valence-corrected chi connectivity index (χ2v) is 3.23. The maximum Gasteiger partial charge on any atom is 0.155 e. The van der Waals surface area contributed by atoms with Gasteiger partial charge in [-0.2, -0.15) is 0 Å². The Balaban J connectivity index is 2.72. The summed E-state index contributed by atoms with van der Waals surface area (Å²) in [4.78, 5) is 8.22. The van der Waals surface area contributed by atoms with E-state index in [-0.39, 0.29) is 0 Å². The van der Waals surface area contributed by atoms with E-state index in [1.165, 1.54) is 5.56 Å². The van der Waals surface area contributed by atoms with E-state index in [4.69, 9.17) is 11.6 Å². The fourth-order valence-corrected chi connectivity index (χ4v) is 1.48. The third-order valence-electron chi connectivity index (χ3n) is 2.02. The van der Waals surface area contributed by atoms with Crippen molar-refractivity contribution in [3.05, 3.63) is 35.2 Å². The molecule has 2 aromatic rings. The lowest BCUT2D eigenvalue weighted by atomic mass is 10.2. The van der Waals surface area contributed by atoms with E-state index < -0.39 is 0 Å². The van der Waals surface area contributed by atoms with Gasteiger partial charge in [0.05, 0.1) is 0 Å². The van der Waals surface area contributed by atoms with Crippen molar-refractivity contribution in [3.8, 4) is 0 Å². The van der Waals surface area contributed by atoms with Crippen molar-refractivity contribution in [2.45, 2.75) is 13.3 Å². The monoisotopic (exact) mass is 192 g/mol. The molecule has 0 aliphatic heterocycles. The molecule has 2 nitrogen and oxygen atoms in total. The molecule has 0 radical (unpaired) electrons. The molecule has 0 fully saturated rings. The Morgan fingerprint density at radius 2 is 2.23 bits per heavy atom. The summed E-state index contributed by atoms with van der Waals surface area (Å²) in [6.45, 7) is 2.10. The minimum absolute atomic E-state index is 0.472. The first-order valence-electron chi connectivity index (χ1n) is 4.20. The van der Waals surface area contributed by atoms with Crippen LogP contribution in [0.4, 0.5) is 0 Å². The van der Waals surface area contributed by atoms with E-state index in [0.717, 1.165) is 17.3 Å². The van der Waals surface area contributed by atoms with Crippen molar-refractivity contribution in [2.75, 3.05) is 0 Å². The van der Waals surface area contributed by atoms with Crippen LogP contribution in [0.2, 0.25) is 5.15 Å². The van der Waals surface area contributed by atoms with Gasteiger partial charge in [0.25, 0.3) is 0 Å². The zero-order valence-corrected chi connectivity index (χ0v) is 8.04. The fraction of sp³-hybridized carbons (Fsp3) is 0.200. The number of hydrogen-bond acceptors (Lipinski definition) is 2. The highest BCUT2D eigenvalue weighted by molar-refractivity contribution is 6.33. The Labute approximate surface area is 81.6 Å². The summed E-state index contributed by atoms with van der Waals surface area (Å²) in [6.07, 6.45) is 4.53. The molecular weight excluding hydrogens is 184 g/mol. The molecular formula is C10H9ClN2. The molecule has 0 aromatic carbocycles. The maximum absolute atomic E-state index is 5.88. The van der Waals surface area contributed by atoms with Crippen LogP contribution < -0.4 is 0 Å². The highest BCUT2D eigenvalue weighted by Gasteiger charge is 2.00. The summed E-state index contributed by atoms with van der Waals surface area (Å²) >= 11 is 5.88. The topological polar surface area (TPSA) is 25.8 Å². The van der Waals surface area contributed by atoms with E-state index in [0.29, 0.717) is 5.15 Å². The van der Waals surface area contributed by atoms with Crippen LogP contribution in [0.25, 0.3) is 10.9 Å². The molecule has 0 bridgehead atoms. The van der Waals surface area contributed by atoms with E-state index >= 15 is 0 Å². The SMILES string of the molecule is CCc1cnc2c(Cl)nccc2c1. The molecule has 0 atom stereocenters. The van der Waals surface area contributed by atoms with Crippen LogP contribution in [0.5, 0.6) is 0 Å². The van der Waals surface area contributed by atoms with Crippen molar-refractivity contribution >= 4 is 22.5 Å². The fourth-order valence-electron chi connectivity index (χ4n) is 1.26. The van der Waals surface area contributed by atoms with Crippen LogP contribution in [0, 0.1) is 0 Å². The number of aryl methyl sites for hydroxylation is 1. The van der Waals surface area contributed by atoms with Gasteiger partial charge in [0.15, 0.2) is 5.15 Å². The largest absolute Gasteiger partial charge is 0.253 e. The molecule has 0 N–H and O–H groups in total. The normalized spacial score (nSPS) is 10.6. The minimum Gasteiger partial charge on any atom is -0.253 e. The molecule has 2 rings (SSSR count). The van der Waals surface area contributed by atoms with Crippen molar-refractivity contribution in [1.29, 1.82) is 0 Å². The Hall–Kier alpha value is -1.15. The van der Waals surface area contributed by atoms with Gasteiger partial charge < -0.3 is 0 Å². The summed E-state index contributed by atoms with van der Waals surface area (Å²) in [5.41, 5.74) is 2.00. The second kappa shape index (κ2) is 3.30. The van der Waals surface area contributed by atoms with Gasteiger partial charge in [-0.05, 0) is 24.1 Å². The predicted molar refractivity (Wildman–Crippen MR) is 53.9 cm³/mol. The van der Waals surface area contributed by atoms with Crippen molar-refractivity contribution < 1.29 is 0 Å². The highest BCUT2D eigenvalue weighted by atomic mass is 35.5. The Kier molecular flexibility index (Phi) is 2.15. The average Bonchev–Trinajstić information content (AvgIpc) is 2.18. The number of pyridine rings is 2. The van der Waals surface area contributed by atoms with Gasteiger partial charge in [-0.25, -0.2) is 4.98 Å². The molecule has 0 amide bonds. The molecule has 0 spiro atoms. The molecule has 0 aliphatic carbocycles. The zero-order chi connectivity index (χ0) is 9.26. The lowest BCUT2D eigenvalue weighted by Gasteiger charge is -2.00. The minimum atomic E-state index is 0.472. The molecule has 0 saturated heterocycles. The molecule has 0 aliphatic rings. The molecule has 66 valence electrons. The summed E-state index contributed by atoms with van der Waals surface area (Å²) in [7, 11) is 0. The van der Waals surface area contributed by atoms with Gasteiger partial charge in [0.1, 0.15) is 5.52 Å². The van der Waals surface area contributed by atoms with E-state index in [1.807, 2.05) is 12.3 Å². The van der Waals surface area contributed by atoms with Crippen LogP contribution in [-0.4, -0.2) is 9.97 Å². The van der Waals surface area contributed by atoms with Crippen molar-refractivity contribution in [2.24, 2.45) is 0 Å². The van der Waals surface area contributed by atoms with Crippen molar-refractivity contribution in [3.63, 3.8) is 0 Å². The molecule has 2 aromatic heterocycles. The Bertz CT molecular complexity index is 440. The quantitative estimate of drug-likeness (QED) is 0.650. The van der Waals surface area contributed by atoms with Crippen molar-refractivity contribution in [1.82, 2.24) is 9.97 Å². The van der Waals surface area contributed by atoms with Gasteiger partial charge in [-0.1, -0.05) is 18.5 Å². The summed E-state index contributed by atoms with van der Waals surface area (Å²) in [5, 5.41) is 1.53. The number of fused-ring (bicyclic) bond motifs is 1. The van der Waals surface area contributed by atoms with E-state index in [9.17, 15) is 0 Å². The number of hydrogen-bond donors (Lipinski definition) is 0. The summed E-state index contributed by atoms with van der Waals surface area (Å²) in [5.74, 6) is 0. The van der Waals surface area contributed by atoms with Crippen LogP contribution >= 0.6 is 11.6 Å². The first kappa shape index (κ1) is 8.45. The zero-order valence-electron chi connectivity index (χ0n) is 7.29.